The SMILES string of the molecule is CCCNc1ccc([N+](=O)[O-])cc1CN(C)CC(C)(C)C. The topological polar surface area (TPSA) is 58.4 Å². The highest BCUT2D eigenvalue weighted by molar-refractivity contribution is 5.56. The van der Waals surface area contributed by atoms with E-state index in [1.165, 1.54) is 0 Å². The number of nitro benzene ring substituents is 1. The first-order valence-corrected chi connectivity index (χ1v) is 7.42. The van der Waals surface area contributed by atoms with Crippen LogP contribution in [0, 0.1) is 15.5 Å². The van der Waals surface area contributed by atoms with Gasteiger partial charge in [0.25, 0.3) is 5.69 Å². The van der Waals surface area contributed by atoms with E-state index in [9.17, 15) is 10.1 Å². The van der Waals surface area contributed by atoms with Crippen molar-refractivity contribution in [1.29, 1.82) is 0 Å². The molecule has 0 fully saturated rings. The number of nitro groups is 1. The van der Waals surface area contributed by atoms with E-state index in [0.717, 1.165) is 30.8 Å². The van der Waals surface area contributed by atoms with Gasteiger partial charge in [-0.05, 0) is 30.5 Å². The molecule has 0 aliphatic carbocycles. The molecular weight excluding hydrogens is 266 g/mol. The summed E-state index contributed by atoms with van der Waals surface area (Å²) in [6, 6.07) is 5.05. The molecule has 0 radical (unpaired) electrons. The molecule has 118 valence electrons. The van der Waals surface area contributed by atoms with E-state index in [1.54, 1.807) is 12.1 Å². The summed E-state index contributed by atoms with van der Waals surface area (Å²) in [4.78, 5) is 12.8. The number of anilines is 1. The lowest BCUT2D eigenvalue weighted by molar-refractivity contribution is -0.384. The summed E-state index contributed by atoms with van der Waals surface area (Å²) < 4.78 is 0. The molecule has 0 saturated heterocycles. The lowest BCUT2D eigenvalue weighted by atomic mass is 9.96. The third kappa shape index (κ3) is 6.12. The molecule has 0 atom stereocenters. The fourth-order valence-electron chi connectivity index (χ4n) is 2.41. The van der Waals surface area contributed by atoms with Gasteiger partial charge in [0, 0.05) is 37.5 Å². The molecular formula is C16H27N3O2. The van der Waals surface area contributed by atoms with Crippen molar-refractivity contribution in [3.8, 4) is 0 Å². The number of non-ortho nitro benzene ring substituents is 1. The van der Waals surface area contributed by atoms with Crippen LogP contribution < -0.4 is 5.32 Å². The highest BCUT2D eigenvalue weighted by atomic mass is 16.6. The molecule has 1 rings (SSSR count). The second kappa shape index (κ2) is 7.41. The van der Waals surface area contributed by atoms with Crippen LogP contribution in [0.2, 0.25) is 0 Å². The number of hydrogen-bond donors (Lipinski definition) is 1. The van der Waals surface area contributed by atoms with Gasteiger partial charge in [0.2, 0.25) is 0 Å². The third-order valence-electron chi connectivity index (χ3n) is 3.05. The zero-order chi connectivity index (χ0) is 16.0. The van der Waals surface area contributed by atoms with Crippen molar-refractivity contribution in [2.75, 3.05) is 25.5 Å². The molecule has 0 aliphatic heterocycles. The van der Waals surface area contributed by atoms with Gasteiger partial charge in [0.1, 0.15) is 0 Å². The van der Waals surface area contributed by atoms with Gasteiger partial charge in [-0.1, -0.05) is 27.7 Å². The summed E-state index contributed by atoms with van der Waals surface area (Å²) in [6.45, 7) is 11.2. The fourth-order valence-corrected chi connectivity index (χ4v) is 2.41. The maximum absolute atomic E-state index is 11.0. The Morgan fingerprint density at radius 3 is 2.52 bits per heavy atom. The van der Waals surface area contributed by atoms with Crippen LogP contribution in [0.15, 0.2) is 18.2 Å². The number of benzene rings is 1. The van der Waals surface area contributed by atoms with Crippen LogP contribution in [0.3, 0.4) is 0 Å². The molecule has 0 unspecified atom stereocenters. The Kier molecular flexibility index (Phi) is 6.15. The van der Waals surface area contributed by atoms with Crippen LogP contribution in [0.5, 0.6) is 0 Å². The zero-order valence-electron chi connectivity index (χ0n) is 13.8. The Labute approximate surface area is 127 Å². The Morgan fingerprint density at radius 1 is 1.33 bits per heavy atom. The fraction of sp³-hybridized carbons (Fsp3) is 0.625. The number of nitrogens with one attached hydrogen (secondary N) is 1. The van der Waals surface area contributed by atoms with Gasteiger partial charge in [-0.3, -0.25) is 10.1 Å². The number of hydrogen-bond acceptors (Lipinski definition) is 4. The summed E-state index contributed by atoms with van der Waals surface area (Å²) in [5, 5.41) is 14.3. The standard InChI is InChI=1S/C16H27N3O2/c1-6-9-17-15-8-7-14(19(20)21)10-13(15)11-18(5)12-16(2,3)4/h7-8,10,17H,6,9,11-12H2,1-5H3. The van der Waals surface area contributed by atoms with Crippen LogP contribution in [0.4, 0.5) is 11.4 Å². The molecule has 0 spiro atoms. The van der Waals surface area contributed by atoms with Gasteiger partial charge >= 0.3 is 0 Å². The third-order valence-corrected chi connectivity index (χ3v) is 3.05. The molecule has 1 aromatic rings. The lowest BCUT2D eigenvalue weighted by Gasteiger charge is -2.27. The Hall–Kier alpha value is -1.62. The minimum Gasteiger partial charge on any atom is -0.385 e. The van der Waals surface area contributed by atoms with E-state index in [1.807, 2.05) is 13.1 Å². The first-order valence-electron chi connectivity index (χ1n) is 7.42. The summed E-state index contributed by atoms with van der Waals surface area (Å²) in [5.74, 6) is 0. The molecule has 5 heteroatoms. The maximum Gasteiger partial charge on any atom is 0.269 e. The average Bonchev–Trinajstić information content (AvgIpc) is 2.34. The van der Waals surface area contributed by atoms with Crippen LogP contribution in [-0.4, -0.2) is 30.0 Å². The van der Waals surface area contributed by atoms with Crippen LogP contribution in [-0.2, 0) is 6.54 Å². The van der Waals surface area contributed by atoms with E-state index in [-0.39, 0.29) is 16.0 Å². The largest absolute Gasteiger partial charge is 0.385 e. The van der Waals surface area contributed by atoms with E-state index in [4.69, 9.17) is 0 Å². The number of nitrogens with zero attached hydrogens (tertiary/aromatic N) is 2. The highest BCUT2D eigenvalue weighted by Crippen LogP contribution is 2.24. The lowest BCUT2D eigenvalue weighted by Crippen LogP contribution is -2.29. The second-order valence-corrected chi connectivity index (χ2v) is 6.76. The van der Waals surface area contributed by atoms with E-state index >= 15 is 0 Å². The van der Waals surface area contributed by atoms with Crippen molar-refractivity contribution in [2.45, 2.75) is 40.7 Å². The van der Waals surface area contributed by atoms with Crippen LogP contribution in [0.25, 0.3) is 0 Å². The molecule has 0 bridgehead atoms. The monoisotopic (exact) mass is 293 g/mol. The van der Waals surface area contributed by atoms with Crippen molar-refractivity contribution in [2.24, 2.45) is 5.41 Å². The number of rotatable bonds is 7. The van der Waals surface area contributed by atoms with Crippen molar-refractivity contribution < 1.29 is 4.92 Å². The first-order chi connectivity index (χ1) is 9.73. The molecule has 1 aromatic carbocycles. The molecule has 5 nitrogen and oxygen atoms in total. The molecule has 0 heterocycles. The smallest absolute Gasteiger partial charge is 0.269 e. The molecule has 0 aliphatic rings. The average molecular weight is 293 g/mol. The van der Waals surface area contributed by atoms with Crippen molar-refractivity contribution in [1.82, 2.24) is 4.90 Å². The Balaban J connectivity index is 2.94. The minimum absolute atomic E-state index is 0.149. The molecule has 0 aromatic heterocycles. The second-order valence-electron chi connectivity index (χ2n) is 6.76. The summed E-state index contributed by atoms with van der Waals surface area (Å²) >= 11 is 0. The normalized spacial score (nSPS) is 11.7. The molecule has 1 N–H and O–H groups in total. The van der Waals surface area contributed by atoms with Gasteiger partial charge in [-0.25, -0.2) is 0 Å². The molecule has 0 saturated carbocycles. The van der Waals surface area contributed by atoms with E-state index in [0.29, 0.717) is 6.54 Å². The molecule has 21 heavy (non-hydrogen) atoms. The van der Waals surface area contributed by atoms with Gasteiger partial charge in [-0.15, -0.1) is 0 Å². The quantitative estimate of drug-likeness (QED) is 0.612. The summed E-state index contributed by atoms with van der Waals surface area (Å²) in [5.41, 5.74) is 2.32. The maximum atomic E-state index is 11.0. The Bertz CT molecular complexity index is 481. The van der Waals surface area contributed by atoms with Crippen molar-refractivity contribution in [3.63, 3.8) is 0 Å². The van der Waals surface area contributed by atoms with Crippen LogP contribution in [0.1, 0.15) is 39.7 Å². The first kappa shape index (κ1) is 17.4. The van der Waals surface area contributed by atoms with E-state index in [2.05, 4.69) is 37.9 Å². The highest BCUT2D eigenvalue weighted by Gasteiger charge is 2.16. The summed E-state index contributed by atoms with van der Waals surface area (Å²) in [7, 11) is 2.05. The van der Waals surface area contributed by atoms with Gasteiger partial charge in [0.05, 0.1) is 4.92 Å². The summed E-state index contributed by atoms with van der Waals surface area (Å²) in [6.07, 6.45) is 1.02. The van der Waals surface area contributed by atoms with Crippen LogP contribution >= 0.6 is 0 Å². The predicted molar refractivity (Wildman–Crippen MR) is 87.7 cm³/mol. The van der Waals surface area contributed by atoms with Crippen molar-refractivity contribution in [3.05, 3.63) is 33.9 Å². The molecule has 0 amide bonds. The van der Waals surface area contributed by atoms with E-state index < -0.39 is 0 Å². The minimum atomic E-state index is -0.336. The van der Waals surface area contributed by atoms with Gasteiger partial charge in [0.15, 0.2) is 0 Å². The Morgan fingerprint density at radius 2 is 2.00 bits per heavy atom. The van der Waals surface area contributed by atoms with Gasteiger partial charge in [-0.2, -0.15) is 0 Å². The van der Waals surface area contributed by atoms with Crippen molar-refractivity contribution >= 4 is 11.4 Å². The predicted octanol–water partition coefficient (Wildman–Crippen LogP) is 3.89. The van der Waals surface area contributed by atoms with Gasteiger partial charge < -0.3 is 10.2 Å². The zero-order valence-corrected chi connectivity index (χ0v) is 13.8.